The molecule has 0 aromatic heterocycles. The summed E-state index contributed by atoms with van der Waals surface area (Å²) in [6, 6.07) is 5.09. The van der Waals surface area contributed by atoms with Gasteiger partial charge in [-0.05, 0) is 25.1 Å². The second-order valence-corrected chi connectivity index (χ2v) is 3.59. The van der Waals surface area contributed by atoms with Gasteiger partial charge in [0.1, 0.15) is 12.6 Å². The number of ether oxygens (including phenoxy) is 1. The molecule has 0 amide bonds. The maximum atomic E-state index is 13.2. The summed E-state index contributed by atoms with van der Waals surface area (Å²) >= 11 is 0. The van der Waals surface area contributed by atoms with Gasteiger partial charge in [0.05, 0.1) is 0 Å². The average Bonchev–Trinajstić information content (AvgIpc) is 2.31. The van der Waals surface area contributed by atoms with Crippen molar-refractivity contribution in [3.8, 4) is 5.75 Å². The number of carboxylic acid groups (broad SMARTS) is 1. The number of hydrogen-bond donors (Lipinski definition) is 2. The van der Waals surface area contributed by atoms with Crippen molar-refractivity contribution < 1.29 is 19.0 Å². The van der Waals surface area contributed by atoms with Crippen molar-refractivity contribution in [1.29, 1.82) is 0 Å². The number of para-hydroxylation sites is 1. The summed E-state index contributed by atoms with van der Waals surface area (Å²) in [6.07, 6.45) is 0.823. The van der Waals surface area contributed by atoms with Crippen LogP contribution < -0.4 is 10.1 Å². The zero-order chi connectivity index (χ0) is 12.7. The standard InChI is InChI=1S/C12H16FNO3/c1-2-7-14-10(12(15)16)8-17-11-6-4-3-5-9(11)13/h3-6,10,14H,2,7-8H2,1H3,(H,15,16). The van der Waals surface area contributed by atoms with Crippen LogP contribution in [0.15, 0.2) is 24.3 Å². The molecule has 0 aliphatic heterocycles. The van der Waals surface area contributed by atoms with Crippen molar-refractivity contribution >= 4 is 5.97 Å². The van der Waals surface area contributed by atoms with Crippen LogP contribution >= 0.6 is 0 Å². The topological polar surface area (TPSA) is 58.6 Å². The van der Waals surface area contributed by atoms with E-state index in [2.05, 4.69) is 5.32 Å². The minimum Gasteiger partial charge on any atom is -0.488 e. The van der Waals surface area contributed by atoms with Crippen molar-refractivity contribution in [2.24, 2.45) is 0 Å². The van der Waals surface area contributed by atoms with Crippen LogP contribution in [0.4, 0.5) is 4.39 Å². The first kappa shape index (κ1) is 13.4. The molecule has 0 fully saturated rings. The molecule has 0 aliphatic rings. The molecule has 94 valence electrons. The first-order valence-electron chi connectivity index (χ1n) is 5.48. The van der Waals surface area contributed by atoms with Crippen molar-refractivity contribution in [2.75, 3.05) is 13.2 Å². The Hall–Kier alpha value is -1.62. The van der Waals surface area contributed by atoms with E-state index in [4.69, 9.17) is 9.84 Å². The number of nitrogens with one attached hydrogen (secondary N) is 1. The first-order chi connectivity index (χ1) is 8.15. The lowest BCUT2D eigenvalue weighted by Crippen LogP contribution is -2.41. The fourth-order valence-electron chi connectivity index (χ4n) is 1.27. The Morgan fingerprint density at radius 1 is 1.53 bits per heavy atom. The minimum absolute atomic E-state index is 0.0667. The van der Waals surface area contributed by atoms with Gasteiger partial charge < -0.3 is 15.2 Å². The highest BCUT2D eigenvalue weighted by Gasteiger charge is 2.17. The van der Waals surface area contributed by atoms with Gasteiger partial charge in [-0.1, -0.05) is 19.1 Å². The second kappa shape index (κ2) is 6.85. The van der Waals surface area contributed by atoms with E-state index in [1.165, 1.54) is 12.1 Å². The third kappa shape index (κ3) is 4.40. The van der Waals surface area contributed by atoms with E-state index in [9.17, 15) is 9.18 Å². The lowest BCUT2D eigenvalue weighted by atomic mass is 10.3. The monoisotopic (exact) mass is 241 g/mol. The van der Waals surface area contributed by atoms with Crippen molar-refractivity contribution in [3.05, 3.63) is 30.1 Å². The van der Waals surface area contributed by atoms with E-state index in [1.54, 1.807) is 12.1 Å². The third-order valence-electron chi connectivity index (χ3n) is 2.18. The SMILES string of the molecule is CCCNC(COc1ccccc1F)C(=O)O. The molecule has 1 atom stereocenters. The molecule has 0 radical (unpaired) electrons. The summed E-state index contributed by atoms with van der Waals surface area (Å²) in [7, 11) is 0. The summed E-state index contributed by atoms with van der Waals surface area (Å²) in [4.78, 5) is 10.9. The second-order valence-electron chi connectivity index (χ2n) is 3.59. The van der Waals surface area contributed by atoms with Crippen LogP contribution in [0.5, 0.6) is 5.75 Å². The molecule has 2 N–H and O–H groups in total. The molecule has 1 unspecified atom stereocenters. The van der Waals surface area contributed by atoms with Gasteiger partial charge in [0.15, 0.2) is 11.6 Å². The third-order valence-corrected chi connectivity index (χ3v) is 2.18. The van der Waals surface area contributed by atoms with E-state index in [0.29, 0.717) is 6.54 Å². The Bertz CT molecular complexity index is 371. The summed E-state index contributed by atoms with van der Waals surface area (Å²) < 4.78 is 18.3. The van der Waals surface area contributed by atoms with Gasteiger partial charge in [-0.2, -0.15) is 0 Å². The predicted molar refractivity (Wildman–Crippen MR) is 61.6 cm³/mol. The Balaban J connectivity index is 2.52. The first-order valence-corrected chi connectivity index (χ1v) is 5.48. The van der Waals surface area contributed by atoms with E-state index < -0.39 is 17.8 Å². The van der Waals surface area contributed by atoms with Gasteiger partial charge in [0.25, 0.3) is 0 Å². The zero-order valence-electron chi connectivity index (χ0n) is 9.65. The molecule has 17 heavy (non-hydrogen) atoms. The van der Waals surface area contributed by atoms with Crippen LogP contribution in [0.3, 0.4) is 0 Å². The Labute approximate surface area is 99.4 Å². The number of carboxylic acids is 1. The molecule has 1 aromatic carbocycles. The van der Waals surface area contributed by atoms with Crippen molar-refractivity contribution in [1.82, 2.24) is 5.32 Å². The summed E-state index contributed by atoms with van der Waals surface area (Å²) in [5.41, 5.74) is 0. The normalized spacial score (nSPS) is 12.1. The van der Waals surface area contributed by atoms with E-state index >= 15 is 0 Å². The fourth-order valence-corrected chi connectivity index (χ4v) is 1.27. The predicted octanol–water partition coefficient (Wildman–Crippen LogP) is 1.66. The van der Waals surface area contributed by atoms with Crippen LogP contribution in [0.25, 0.3) is 0 Å². The molecular weight excluding hydrogens is 225 g/mol. The van der Waals surface area contributed by atoms with Gasteiger partial charge >= 0.3 is 5.97 Å². The van der Waals surface area contributed by atoms with Crippen LogP contribution in [-0.2, 0) is 4.79 Å². The molecule has 4 nitrogen and oxygen atoms in total. The smallest absolute Gasteiger partial charge is 0.324 e. The van der Waals surface area contributed by atoms with Gasteiger partial charge in [-0.25, -0.2) is 4.39 Å². The lowest BCUT2D eigenvalue weighted by Gasteiger charge is -2.15. The van der Waals surface area contributed by atoms with E-state index in [-0.39, 0.29) is 12.4 Å². The highest BCUT2D eigenvalue weighted by Crippen LogP contribution is 2.15. The van der Waals surface area contributed by atoms with Crippen LogP contribution in [0.1, 0.15) is 13.3 Å². The summed E-state index contributed by atoms with van der Waals surface area (Å²) in [5.74, 6) is -1.43. The van der Waals surface area contributed by atoms with Crippen LogP contribution in [0.2, 0.25) is 0 Å². The Morgan fingerprint density at radius 3 is 2.82 bits per heavy atom. The van der Waals surface area contributed by atoms with E-state index in [1.807, 2.05) is 6.92 Å². The molecule has 0 saturated carbocycles. The van der Waals surface area contributed by atoms with Crippen LogP contribution in [0, 0.1) is 5.82 Å². The average molecular weight is 241 g/mol. The molecule has 0 heterocycles. The van der Waals surface area contributed by atoms with Crippen molar-refractivity contribution in [3.63, 3.8) is 0 Å². The molecular formula is C12H16FNO3. The maximum absolute atomic E-state index is 13.2. The highest BCUT2D eigenvalue weighted by atomic mass is 19.1. The van der Waals surface area contributed by atoms with Gasteiger partial charge in [0, 0.05) is 0 Å². The Kier molecular flexibility index (Phi) is 5.42. The van der Waals surface area contributed by atoms with E-state index in [0.717, 1.165) is 6.42 Å². The number of halogens is 1. The minimum atomic E-state index is -1.00. The summed E-state index contributed by atoms with van der Waals surface area (Å²) in [5, 5.41) is 11.7. The quantitative estimate of drug-likeness (QED) is 0.762. The number of aliphatic carboxylic acids is 1. The van der Waals surface area contributed by atoms with Crippen molar-refractivity contribution in [2.45, 2.75) is 19.4 Å². The number of carbonyl (C=O) groups is 1. The van der Waals surface area contributed by atoms with Gasteiger partial charge in [0.2, 0.25) is 0 Å². The zero-order valence-corrected chi connectivity index (χ0v) is 9.65. The van der Waals surface area contributed by atoms with Gasteiger partial charge in [-0.15, -0.1) is 0 Å². The number of hydrogen-bond acceptors (Lipinski definition) is 3. The Morgan fingerprint density at radius 2 is 2.24 bits per heavy atom. The maximum Gasteiger partial charge on any atom is 0.324 e. The molecule has 5 heteroatoms. The molecule has 0 aliphatic carbocycles. The molecule has 0 spiro atoms. The van der Waals surface area contributed by atoms with Gasteiger partial charge in [-0.3, -0.25) is 4.79 Å². The largest absolute Gasteiger partial charge is 0.488 e. The molecule has 1 aromatic rings. The van der Waals surface area contributed by atoms with Crippen LogP contribution in [-0.4, -0.2) is 30.3 Å². The molecule has 0 saturated heterocycles. The lowest BCUT2D eigenvalue weighted by molar-refractivity contribution is -0.140. The summed E-state index contributed by atoms with van der Waals surface area (Å²) in [6.45, 7) is 2.41. The fraction of sp³-hybridized carbons (Fsp3) is 0.417. The number of rotatable bonds is 7. The highest BCUT2D eigenvalue weighted by molar-refractivity contribution is 5.73. The molecule has 1 rings (SSSR count). The number of benzene rings is 1. The molecule has 0 bridgehead atoms.